The molecule has 1 saturated heterocycles. The van der Waals surface area contributed by atoms with Crippen LogP contribution in [0.4, 0.5) is 11.5 Å². The number of hydrogen-bond donors (Lipinski definition) is 7. The quantitative estimate of drug-likeness (QED) is 0.0616. The van der Waals surface area contributed by atoms with E-state index >= 15 is 0 Å². The zero-order valence-corrected chi connectivity index (χ0v) is 27.3. The number of nitro benzene ring substituents is 1. The average molecular weight is 727 g/mol. The van der Waals surface area contributed by atoms with Gasteiger partial charge in [0.15, 0.2) is 0 Å². The Balaban J connectivity index is 1.76. The predicted molar refractivity (Wildman–Crippen MR) is 159 cm³/mol. The van der Waals surface area contributed by atoms with Crippen LogP contribution in [0, 0.1) is 27.9 Å². The molecule has 6 atom stereocenters. The summed E-state index contributed by atoms with van der Waals surface area (Å²) in [5.74, 6) is 4.86. The minimum absolute atomic E-state index is 0.0679. The number of hydrogen-bond acceptors (Lipinski definition) is 15. The fraction of sp³-hybridized carbons (Fsp3) is 0.478. The molecule has 1 aromatic heterocycles. The molecule has 1 aliphatic rings. The highest BCUT2D eigenvalue weighted by atomic mass is 31.3. The van der Waals surface area contributed by atoms with Crippen molar-refractivity contribution < 1.29 is 65.9 Å². The summed E-state index contributed by atoms with van der Waals surface area (Å²) < 4.78 is 58.6. The lowest BCUT2D eigenvalue weighted by Gasteiger charge is -2.23. The largest absolute Gasteiger partial charge is 0.490 e. The standard InChI is InChI=1S/C23H32N5O16P3/c1-13(2)21(16-6-5-14(4-3-7-24)8-17(16)28(31)32)40-11-15-10-27(23(30)26-22(15)25)20-9-18(29)19(42-20)12-41-46(36,37)44-47(38,39)43-45(33,34)35/h5-6,8,10,13,18-21,29H,7,9,11-12,24H2,1-2H3,(H,36,37)(H,38,39)(H2,25,26,30)(H2,33,34,35)/t18-,19+,20+,21+/m0/s1. The summed E-state index contributed by atoms with van der Waals surface area (Å²) in [4.78, 5) is 63.9. The Bertz CT molecular complexity index is 1740. The zero-order valence-electron chi connectivity index (χ0n) is 24.6. The number of rotatable bonds is 14. The minimum atomic E-state index is -5.77. The lowest BCUT2D eigenvalue weighted by molar-refractivity contribution is -0.386. The predicted octanol–water partition coefficient (Wildman–Crippen LogP) is 0.950. The zero-order chi connectivity index (χ0) is 35.3. The van der Waals surface area contributed by atoms with Crippen LogP contribution in [-0.4, -0.2) is 64.5 Å². The highest BCUT2D eigenvalue weighted by Crippen LogP contribution is 2.66. The van der Waals surface area contributed by atoms with Crippen LogP contribution in [0.1, 0.15) is 49.3 Å². The molecule has 2 aromatic rings. The van der Waals surface area contributed by atoms with Crippen LogP contribution in [0.2, 0.25) is 0 Å². The van der Waals surface area contributed by atoms with Gasteiger partial charge in [0.1, 0.15) is 18.1 Å². The Morgan fingerprint density at radius 2 is 1.87 bits per heavy atom. The fourth-order valence-corrected chi connectivity index (χ4v) is 7.37. The molecule has 0 amide bonds. The summed E-state index contributed by atoms with van der Waals surface area (Å²) in [6.45, 7) is 2.38. The van der Waals surface area contributed by atoms with E-state index in [9.17, 15) is 43.5 Å². The molecule has 3 rings (SSSR count). The van der Waals surface area contributed by atoms with Gasteiger partial charge in [-0.15, -0.1) is 0 Å². The van der Waals surface area contributed by atoms with Gasteiger partial charge in [0.05, 0.1) is 42.5 Å². The van der Waals surface area contributed by atoms with E-state index in [4.69, 9.17) is 30.7 Å². The third-order valence-corrected chi connectivity index (χ3v) is 10.1. The number of ether oxygens (including phenoxy) is 2. The second kappa shape index (κ2) is 15.6. The Labute approximate surface area is 266 Å². The van der Waals surface area contributed by atoms with Crippen molar-refractivity contribution in [2.24, 2.45) is 11.7 Å². The number of phosphoric ester groups is 1. The maximum Gasteiger partial charge on any atom is 0.490 e. The van der Waals surface area contributed by atoms with Crippen LogP contribution in [0.25, 0.3) is 0 Å². The Morgan fingerprint density at radius 3 is 2.47 bits per heavy atom. The molecule has 24 heteroatoms. The monoisotopic (exact) mass is 727 g/mol. The van der Waals surface area contributed by atoms with Gasteiger partial charge < -0.3 is 45.6 Å². The van der Waals surface area contributed by atoms with Gasteiger partial charge in [0.25, 0.3) is 5.69 Å². The lowest BCUT2D eigenvalue weighted by atomic mass is 9.96. The van der Waals surface area contributed by atoms with E-state index in [1.165, 1.54) is 18.3 Å². The first-order valence-corrected chi connectivity index (χ1v) is 17.8. The molecule has 21 nitrogen and oxygen atoms in total. The molecule has 1 aromatic carbocycles. The lowest BCUT2D eigenvalue weighted by Crippen LogP contribution is -2.29. The van der Waals surface area contributed by atoms with Gasteiger partial charge in [-0.1, -0.05) is 25.7 Å². The number of aliphatic hydroxyl groups is 1. The van der Waals surface area contributed by atoms with Crippen LogP contribution < -0.4 is 17.2 Å². The topological polar surface area (TPSA) is 329 Å². The van der Waals surface area contributed by atoms with Crippen molar-refractivity contribution in [3.8, 4) is 11.8 Å². The first kappa shape index (κ1) is 38.6. The van der Waals surface area contributed by atoms with Gasteiger partial charge in [-0.25, -0.2) is 18.5 Å². The summed E-state index contributed by atoms with van der Waals surface area (Å²) in [5.41, 5.74) is 11.0. The highest BCUT2D eigenvalue weighted by molar-refractivity contribution is 7.66. The summed E-state index contributed by atoms with van der Waals surface area (Å²) in [7, 11) is -16.9. The molecule has 2 unspecified atom stereocenters. The summed E-state index contributed by atoms with van der Waals surface area (Å²) >= 11 is 0. The fourth-order valence-electron chi connectivity index (χ4n) is 4.34. The second-order valence-corrected chi connectivity index (χ2v) is 14.6. The van der Waals surface area contributed by atoms with E-state index in [1.54, 1.807) is 19.9 Å². The number of nitrogens with two attached hydrogens (primary N) is 2. The Hall–Kier alpha value is -2.89. The molecular weight excluding hydrogens is 695 g/mol. The van der Waals surface area contributed by atoms with E-state index in [1.807, 2.05) is 0 Å². The van der Waals surface area contributed by atoms with E-state index in [0.717, 1.165) is 4.57 Å². The molecule has 0 saturated carbocycles. The summed E-state index contributed by atoms with van der Waals surface area (Å²) in [5, 5.41) is 22.3. The van der Waals surface area contributed by atoms with Crippen molar-refractivity contribution in [2.45, 2.75) is 51.4 Å². The number of phosphoric acid groups is 3. The summed E-state index contributed by atoms with van der Waals surface area (Å²) in [6.07, 6.45) is -3.96. The van der Waals surface area contributed by atoms with Crippen LogP contribution in [0.3, 0.4) is 0 Å². The van der Waals surface area contributed by atoms with Crippen molar-refractivity contribution in [1.29, 1.82) is 0 Å². The Kier molecular flexibility index (Phi) is 12.8. The normalized spacial score (nSPS) is 21.4. The van der Waals surface area contributed by atoms with Crippen LogP contribution >= 0.6 is 23.5 Å². The van der Waals surface area contributed by atoms with E-state index in [2.05, 4.69) is 30.0 Å². The van der Waals surface area contributed by atoms with Crippen molar-refractivity contribution in [1.82, 2.24) is 9.55 Å². The van der Waals surface area contributed by atoms with Gasteiger partial charge in [0, 0.05) is 29.8 Å². The molecule has 0 bridgehead atoms. The van der Waals surface area contributed by atoms with Crippen LogP contribution in [0.5, 0.6) is 0 Å². The third kappa shape index (κ3) is 11.1. The van der Waals surface area contributed by atoms with Gasteiger partial charge in [0.2, 0.25) is 0 Å². The van der Waals surface area contributed by atoms with Gasteiger partial charge in [-0.3, -0.25) is 19.2 Å². The number of benzene rings is 1. The number of nitrogens with zero attached hydrogens (tertiary/aromatic N) is 3. The van der Waals surface area contributed by atoms with Gasteiger partial charge in [-0.2, -0.15) is 13.6 Å². The molecule has 9 N–H and O–H groups in total. The molecule has 0 aliphatic carbocycles. The first-order valence-electron chi connectivity index (χ1n) is 13.3. The molecule has 2 heterocycles. The third-order valence-electron chi connectivity index (χ3n) is 6.29. The number of aliphatic hydroxyl groups excluding tert-OH is 1. The number of nitro groups is 1. The Morgan fingerprint density at radius 1 is 1.19 bits per heavy atom. The number of nitrogen functional groups attached to an aromatic ring is 1. The van der Waals surface area contributed by atoms with Crippen molar-refractivity contribution in [2.75, 3.05) is 18.9 Å². The van der Waals surface area contributed by atoms with Gasteiger partial charge in [-0.05, 0) is 18.1 Å². The SMILES string of the molecule is CC(C)[C@@H](OCc1cn([C@H]2C[C@H](O)[C@@H](COP(=O)(O)OP(=O)(O)OP(=O)(O)O)O2)c(=O)nc1N)c1ccc(C#CCN)cc1[N+](=O)[O-]. The number of aromatic nitrogens is 2. The van der Waals surface area contributed by atoms with E-state index in [0.29, 0.717) is 5.56 Å². The molecular formula is C23H32N5O16P3. The molecule has 47 heavy (non-hydrogen) atoms. The van der Waals surface area contributed by atoms with Crippen molar-refractivity contribution in [3.05, 3.63) is 61.7 Å². The average Bonchev–Trinajstić information content (AvgIpc) is 3.29. The molecule has 0 spiro atoms. The van der Waals surface area contributed by atoms with Crippen LogP contribution in [0.15, 0.2) is 29.2 Å². The maximum absolute atomic E-state index is 12.7. The van der Waals surface area contributed by atoms with Gasteiger partial charge >= 0.3 is 29.2 Å². The summed E-state index contributed by atoms with van der Waals surface area (Å²) in [6, 6.07) is 4.40. The van der Waals surface area contributed by atoms with E-state index < -0.39 is 65.2 Å². The van der Waals surface area contributed by atoms with Crippen molar-refractivity contribution in [3.63, 3.8) is 0 Å². The smallest absolute Gasteiger partial charge is 0.390 e. The maximum atomic E-state index is 12.7. The molecule has 0 radical (unpaired) electrons. The van der Waals surface area contributed by atoms with Crippen molar-refractivity contribution >= 4 is 35.0 Å². The molecule has 1 aliphatic heterocycles. The minimum Gasteiger partial charge on any atom is -0.390 e. The second-order valence-electron chi connectivity index (χ2n) is 10.2. The highest BCUT2D eigenvalue weighted by Gasteiger charge is 2.43. The first-order chi connectivity index (χ1) is 21.7. The number of anilines is 1. The van der Waals surface area contributed by atoms with Crippen LogP contribution in [-0.2, 0) is 42.9 Å². The molecule has 1 fully saturated rings. The molecule has 260 valence electrons. The van der Waals surface area contributed by atoms with E-state index in [-0.39, 0.29) is 48.1 Å².